The van der Waals surface area contributed by atoms with Crippen molar-refractivity contribution in [3.05, 3.63) is 94.5 Å². The van der Waals surface area contributed by atoms with Gasteiger partial charge in [-0.1, -0.05) is 53.5 Å². The molecule has 8 heteroatoms. The van der Waals surface area contributed by atoms with Gasteiger partial charge in [-0.05, 0) is 66.3 Å². The van der Waals surface area contributed by atoms with E-state index in [0.717, 1.165) is 5.56 Å². The van der Waals surface area contributed by atoms with Gasteiger partial charge in [0, 0.05) is 22.3 Å². The van der Waals surface area contributed by atoms with E-state index in [4.69, 9.17) is 35.4 Å². The van der Waals surface area contributed by atoms with E-state index in [1.165, 1.54) is 4.90 Å². The molecule has 1 aliphatic rings. The molecule has 0 radical (unpaired) electrons. The normalized spacial score (nSPS) is 15.9. The molecule has 2 amide bonds. The summed E-state index contributed by atoms with van der Waals surface area (Å²) < 4.78 is 0. The van der Waals surface area contributed by atoms with Crippen molar-refractivity contribution in [3.63, 3.8) is 0 Å². The summed E-state index contributed by atoms with van der Waals surface area (Å²) in [5, 5.41) is 4.31. The number of carbonyl (C=O) groups excluding carboxylic acids is 2. The number of carbonyl (C=O) groups is 2. The molecule has 1 saturated heterocycles. The zero-order valence-electron chi connectivity index (χ0n) is 16.9. The van der Waals surface area contributed by atoms with Gasteiger partial charge in [-0.25, -0.2) is 0 Å². The molecule has 0 saturated carbocycles. The summed E-state index contributed by atoms with van der Waals surface area (Å²) in [6, 6.07) is 22.7. The van der Waals surface area contributed by atoms with Crippen molar-refractivity contribution >= 4 is 63.7 Å². The smallest absolute Gasteiger partial charge is 0.256 e. The Morgan fingerprint density at radius 2 is 1.50 bits per heavy atom. The van der Waals surface area contributed by atoms with E-state index in [1.54, 1.807) is 53.4 Å². The molecule has 1 aliphatic heterocycles. The second kappa shape index (κ2) is 9.69. The third-order valence-corrected chi connectivity index (χ3v) is 6.03. The van der Waals surface area contributed by atoms with Crippen LogP contribution in [0.4, 0.5) is 11.4 Å². The Hall–Kier alpha value is -2.93. The standard InChI is InChI=1S/C24H19Cl2N3O2S/c25-17-6-10-19(11-7-17)27-22(30)14-21-23(31)29(20-12-8-18(26)9-13-20)24(32)28(21)15-16-4-2-1-3-5-16/h1-13,21H,14-15H2,(H,27,30)/t21-/m1/s1. The summed E-state index contributed by atoms with van der Waals surface area (Å²) in [5.41, 5.74) is 2.21. The van der Waals surface area contributed by atoms with E-state index < -0.39 is 6.04 Å². The monoisotopic (exact) mass is 483 g/mol. The number of halogens is 2. The summed E-state index contributed by atoms with van der Waals surface area (Å²) in [7, 11) is 0. The fraction of sp³-hybridized carbons (Fsp3) is 0.125. The van der Waals surface area contributed by atoms with E-state index in [-0.39, 0.29) is 18.2 Å². The molecule has 0 aliphatic carbocycles. The Bertz CT molecular complexity index is 1140. The number of rotatable bonds is 6. The molecular weight excluding hydrogens is 465 g/mol. The predicted octanol–water partition coefficient (Wildman–Crippen LogP) is 5.52. The third kappa shape index (κ3) is 4.93. The Balaban J connectivity index is 1.59. The first-order valence-corrected chi connectivity index (χ1v) is 11.1. The number of anilines is 2. The molecule has 4 rings (SSSR count). The van der Waals surface area contributed by atoms with Crippen molar-refractivity contribution in [3.8, 4) is 0 Å². The van der Waals surface area contributed by atoms with Crippen LogP contribution in [0.15, 0.2) is 78.9 Å². The molecule has 3 aromatic rings. The number of hydrogen-bond donors (Lipinski definition) is 1. The number of amides is 2. The van der Waals surface area contributed by atoms with Crippen LogP contribution in [0.5, 0.6) is 0 Å². The zero-order chi connectivity index (χ0) is 22.7. The zero-order valence-corrected chi connectivity index (χ0v) is 19.2. The van der Waals surface area contributed by atoms with Crippen LogP contribution in [0.1, 0.15) is 12.0 Å². The molecule has 5 nitrogen and oxygen atoms in total. The van der Waals surface area contributed by atoms with Crippen LogP contribution in [0.3, 0.4) is 0 Å². The van der Waals surface area contributed by atoms with Crippen molar-refractivity contribution in [2.24, 2.45) is 0 Å². The Kier molecular flexibility index (Phi) is 6.74. The number of nitrogens with one attached hydrogen (secondary N) is 1. The molecule has 0 spiro atoms. The lowest BCUT2D eigenvalue weighted by molar-refractivity contribution is -0.124. The van der Waals surface area contributed by atoms with E-state index in [0.29, 0.717) is 33.1 Å². The molecule has 1 N–H and O–H groups in total. The predicted molar refractivity (Wildman–Crippen MR) is 132 cm³/mol. The minimum absolute atomic E-state index is 0.0431. The first-order chi connectivity index (χ1) is 15.4. The highest BCUT2D eigenvalue weighted by atomic mass is 35.5. The van der Waals surface area contributed by atoms with E-state index in [1.807, 2.05) is 30.3 Å². The second-order valence-electron chi connectivity index (χ2n) is 7.32. The fourth-order valence-corrected chi connectivity index (χ4v) is 4.18. The summed E-state index contributed by atoms with van der Waals surface area (Å²) in [6.45, 7) is 0.411. The summed E-state index contributed by atoms with van der Waals surface area (Å²) in [4.78, 5) is 29.5. The maximum atomic E-state index is 13.4. The molecule has 162 valence electrons. The minimum Gasteiger partial charge on any atom is -0.332 e. The van der Waals surface area contributed by atoms with Crippen LogP contribution in [-0.2, 0) is 16.1 Å². The number of hydrogen-bond acceptors (Lipinski definition) is 3. The SMILES string of the molecule is O=C(C[C@@H]1C(=O)N(c2ccc(Cl)cc2)C(=S)N1Cc1ccccc1)Nc1ccc(Cl)cc1. The van der Waals surface area contributed by atoms with Gasteiger partial charge in [-0.15, -0.1) is 0 Å². The van der Waals surface area contributed by atoms with E-state index in [2.05, 4.69) is 5.32 Å². The van der Waals surface area contributed by atoms with E-state index >= 15 is 0 Å². The van der Waals surface area contributed by atoms with Crippen LogP contribution in [0.25, 0.3) is 0 Å². The minimum atomic E-state index is -0.731. The van der Waals surface area contributed by atoms with Crippen molar-refractivity contribution in [2.75, 3.05) is 10.2 Å². The number of nitrogens with zero attached hydrogens (tertiary/aromatic N) is 2. The Morgan fingerprint density at radius 1 is 0.906 bits per heavy atom. The molecule has 1 atom stereocenters. The van der Waals surface area contributed by atoms with Gasteiger partial charge in [0.25, 0.3) is 5.91 Å². The van der Waals surface area contributed by atoms with Gasteiger partial charge in [-0.3, -0.25) is 14.5 Å². The van der Waals surface area contributed by atoms with Crippen molar-refractivity contribution < 1.29 is 9.59 Å². The van der Waals surface area contributed by atoms with Crippen LogP contribution < -0.4 is 10.2 Å². The molecule has 1 fully saturated rings. The number of benzene rings is 3. The van der Waals surface area contributed by atoms with Gasteiger partial charge in [0.1, 0.15) is 6.04 Å². The highest BCUT2D eigenvalue weighted by Crippen LogP contribution is 2.29. The number of thiocarbonyl (C=S) groups is 1. The molecular formula is C24H19Cl2N3O2S. The van der Waals surface area contributed by atoms with Gasteiger partial charge in [0.05, 0.1) is 12.1 Å². The second-order valence-corrected chi connectivity index (χ2v) is 8.56. The van der Waals surface area contributed by atoms with Crippen LogP contribution >= 0.6 is 35.4 Å². The van der Waals surface area contributed by atoms with Crippen LogP contribution in [-0.4, -0.2) is 27.9 Å². The highest BCUT2D eigenvalue weighted by Gasteiger charge is 2.44. The molecule has 1 heterocycles. The molecule has 0 unspecified atom stereocenters. The van der Waals surface area contributed by atoms with Crippen molar-refractivity contribution in [2.45, 2.75) is 19.0 Å². The topological polar surface area (TPSA) is 52.7 Å². The lowest BCUT2D eigenvalue weighted by Crippen LogP contribution is -2.37. The Labute approximate surface area is 201 Å². The third-order valence-electron chi connectivity index (χ3n) is 5.11. The van der Waals surface area contributed by atoms with Crippen LogP contribution in [0.2, 0.25) is 10.0 Å². The average molecular weight is 484 g/mol. The van der Waals surface area contributed by atoms with Gasteiger partial charge >= 0.3 is 0 Å². The van der Waals surface area contributed by atoms with Crippen molar-refractivity contribution in [1.29, 1.82) is 0 Å². The fourth-order valence-electron chi connectivity index (χ4n) is 3.54. The summed E-state index contributed by atoms with van der Waals surface area (Å²) in [5.74, 6) is -0.538. The molecule has 32 heavy (non-hydrogen) atoms. The van der Waals surface area contributed by atoms with Crippen molar-refractivity contribution in [1.82, 2.24) is 4.90 Å². The maximum Gasteiger partial charge on any atom is 0.256 e. The lowest BCUT2D eigenvalue weighted by Gasteiger charge is -2.24. The largest absolute Gasteiger partial charge is 0.332 e. The lowest BCUT2D eigenvalue weighted by atomic mass is 10.1. The first-order valence-electron chi connectivity index (χ1n) is 9.92. The molecule has 0 bridgehead atoms. The average Bonchev–Trinajstić information content (AvgIpc) is 3.01. The molecule has 3 aromatic carbocycles. The maximum absolute atomic E-state index is 13.4. The van der Waals surface area contributed by atoms with Gasteiger partial charge < -0.3 is 10.2 Å². The van der Waals surface area contributed by atoms with Gasteiger partial charge in [-0.2, -0.15) is 0 Å². The first kappa shape index (κ1) is 22.3. The van der Waals surface area contributed by atoms with Gasteiger partial charge in [0.15, 0.2) is 5.11 Å². The summed E-state index contributed by atoms with van der Waals surface area (Å²) >= 11 is 17.6. The highest BCUT2D eigenvalue weighted by molar-refractivity contribution is 7.80. The molecule has 0 aromatic heterocycles. The summed E-state index contributed by atoms with van der Waals surface area (Å²) in [6.07, 6.45) is -0.0431. The quantitative estimate of drug-likeness (QED) is 0.468. The van der Waals surface area contributed by atoms with Gasteiger partial charge in [0.2, 0.25) is 5.91 Å². The van der Waals surface area contributed by atoms with E-state index in [9.17, 15) is 9.59 Å². The van der Waals surface area contributed by atoms with Crippen LogP contribution in [0, 0.1) is 0 Å². The Morgan fingerprint density at radius 3 is 2.12 bits per heavy atom.